The zero-order chi connectivity index (χ0) is 9.40. The highest BCUT2D eigenvalue weighted by Crippen LogP contribution is 2.07. The summed E-state index contributed by atoms with van der Waals surface area (Å²) < 4.78 is 0. The number of aryl methyl sites for hydroxylation is 1. The SMILES string of the molecule is C=CNc1ccc(C)cc1.C=N. The van der Waals surface area contributed by atoms with Gasteiger partial charge in [-0.1, -0.05) is 24.3 Å². The van der Waals surface area contributed by atoms with Crippen LogP contribution in [-0.4, -0.2) is 6.72 Å². The highest BCUT2D eigenvalue weighted by atomic mass is 14.8. The summed E-state index contributed by atoms with van der Waals surface area (Å²) in [6.45, 7) is 8.13. The first-order chi connectivity index (χ1) is 5.83. The fraction of sp³-hybridized carbons (Fsp3) is 0.100. The third-order valence-corrected chi connectivity index (χ3v) is 1.32. The molecule has 0 aliphatic rings. The van der Waals surface area contributed by atoms with Gasteiger partial charge in [-0.15, -0.1) is 0 Å². The molecular weight excluding hydrogens is 148 g/mol. The summed E-state index contributed by atoms with van der Waals surface area (Å²) in [5, 5.41) is 8.50. The normalized spacial score (nSPS) is 7.75. The van der Waals surface area contributed by atoms with E-state index in [0.717, 1.165) is 5.69 Å². The molecule has 0 saturated carbocycles. The second-order valence-corrected chi connectivity index (χ2v) is 2.21. The Kier molecular flexibility index (Phi) is 5.35. The largest absolute Gasteiger partial charge is 0.362 e. The van der Waals surface area contributed by atoms with Gasteiger partial charge in [-0.2, -0.15) is 0 Å². The Morgan fingerprint density at radius 1 is 1.25 bits per heavy atom. The predicted octanol–water partition coefficient (Wildman–Crippen LogP) is 2.82. The standard InChI is InChI=1S/C9H11N.CH3N/c1-3-10-9-6-4-8(2)5-7-9;1-2/h3-7,10H,1H2,2H3;2H,1H2. The van der Waals surface area contributed by atoms with Crippen molar-refractivity contribution < 1.29 is 0 Å². The van der Waals surface area contributed by atoms with Crippen LogP contribution >= 0.6 is 0 Å². The van der Waals surface area contributed by atoms with E-state index in [9.17, 15) is 0 Å². The molecule has 0 bridgehead atoms. The van der Waals surface area contributed by atoms with Crippen molar-refractivity contribution in [1.29, 1.82) is 5.41 Å². The molecule has 2 nitrogen and oxygen atoms in total. The van der Waals surface area contributed by atoms with Gasteiger partial charge in [0.05, 0.1) is 0 Å². The number of benzene rings is 1. The first-order valence-corrected chi connectivity index (χ1v) is 3.62. The molecule has 1 aromatic carbocycles. The van der Waals surface area contributed by atoms with E-state index in [4.69, 9.17) is 5.41 Å². The maximum Gasteiger partial charge on any atom is 0.0379 e. The van der Waals surface area contributed by atoms with Gasteiger partial charge in [0.2, 0.25) is 0 Å². The van der Waals surface area contributed by atoms with Crippen molar-refractivity contribution in [1.82, 2.24) is 0 Å². The minimum Gasteiger partial charge on any atom is -0.362 e. The molecule has 1 aromatic rings. The fourth-order valence-corrected chi connectivity index (χ4v) is 0.768. The van der Waals surface area contributed by atoms with Crippen LogP contribution in [-0.2, 0) is 0 Å². The van der Waals surface area contributed by atoms with Crippen LogP contribution in [0.15, 0.2) is 37.0 Å². The summed E-state index contributed by atoms with van der Waals surface area (Å²) in [6, 6.07) is 8.17. The molecule has 0 heterocycles. The third-order valence-electron chi connectivity index (χ3n) is 1.32. The average molecular weight is 162 g/mol. The van der Waals surface area contributed by atoms with Gasteiger partial charge in [0, 0.05) is 5.69 Å². The molecule has 0 fully saturated rings. The van der Waals surface area contributed by atoms with E-state index >= 15 is 0 Å². The van der Waals surface area contributed by atoms with Gasteiger partial charge in [-0.05, 0) is 32.0 Å². The van der Waals surface area contributed by atoms with E-state index in [1.165, 1.54) is 5.56 Å². The number of hydrogen-bond donors (Lipinski definition) is 2. The van der Waals surface area contributed by atoms with E-state index in [2.05, 4.69) is 37.7 Å². The van der Waals surface area contributed by atoms with E-state index in [1.54, 1.807) is 6.20 Å². The summed E-state index contributed by atoms with van der Waals surface area (Å²) >= 11 is 0. The van der Waals surface area contributed by atoms with E-state index in [1.807, 2.05) is 12.1 Å². The van der Waals surface area contributed by atoms with Crippen LogP contribution in [0.3, 0.4) is 0 Å². The summed E-state index contributed by atoms with van der Waals surface area (Å²) in [6.07, 6.45) is 1.67. The van der Waals surface area contributed by atoms with Crippen LogP contribution in [0.5, 0.6) is 0 Å². The fourth-order valence-electron chi connectivity index (χ4n) is 0.768. The number of hydrogen-bond acceptors (Lipinski definition) is 2. The highest BCUT2D eigenvalue weighted by molar-refractivity contribution is 5.46. The van der Waals surface area contributed by atoms with Crippen molar-refractivity contribution >= 4 is 12.4 Å². The van der Waals surface area contributed by atoms with Crippen LogP contribution in [0, 0.1) is 12.3 Å². The molecule has 0 amide bonds. The smallest absolute Gasteiger partial charge is 0.0379 e. The van der Waals surface area contributed by atoms with Crippen molar-refractivity contribution in [3.05, 3.63) is 42.6 Å². The van der Waals surface area contributed by atoms with Gasteiger partial charge in [0.15, 0.2) is 0 Å². The molecule has 2 N–H and O–H groups in total. The van der Waals surface area contributed by atoms with Crippen LogP contribution in [0.4, 0.5) is 5.69 Å². The van der Waals surface area contributed by atoms with Crippen LogP contribution in [0.1, 0.15) is 5.56 Å². The lowest BCUT2D eigenvalue weighted by Crippen LogP contribution is -1.84. The molecular formula is C10H14N2. The van der Waals surface area contributed by atoms with E-state index in [0.29, 0.717) is 0 Å². The van der Waals surface area contributed by atoms with E-state index < -0.39 is 0 Å². The van der Waals surface area contributed by atoms with Crippen LogP contribution in [0.25, 0.3) is 0 Å². The highest BCUT2D eigenvalue weighted by Gasteiger charge is 1.84. The van der Waals surface area contributed by atoms with Crippen LogP contribution in [0.2, 0.25) is 0 Å². The minimum atomic E-state index is 1.08. The maximum absolute atomic E-state index is 5.50. The van der Waals surface area contributed by atoms with Crippen molar-refractivity contribution in [2.24, 2.45) is 0 Å². The van der Waals surface area contributed by atoms with Gasteiger partial charge in [0.1, 0.15) is 0 Å². The molecule has 2 heteroatoms. The first kappa shape index (κ1) is 10.4. The average Bonchev–Trinajstić information content (AvgIpc) is 2.13. The summed E-state index contributed by atoms with van der Waals surface area (Å²) in [7, 11) is 0. The number of anilines is 1. The zero-order valence-corrected chi connectivity index (χ0v) is 7.30. The Hall–Kier alpha value is -1.57. The van der Waals surface area contributed by atoms with Gasteiger partial charge < -0.3 is 10.7 Å². The quantitative estimate of drug-likeness (QED) is 0.644. The monoisotopic (exact) mass is 162 g/mol. The predicted molar refractivity (Wildman–Crippen MR) is 54.8 cm³/mol. The molecule has 1 rings (SSSR count). The summed E-state index contributed by atoms with van der Waals surface area (Å²) in [5.74, 6) is 0. The Balaban J connectivity index is 0.000000561. The molecule has 0 saturated heterocycles. The molecule has 0 radical (unpaired) electrons. The Labute approximate surface area is 73.4 Å². The molecule has 0 atom stereocenters. The van der Waals surface area contributed by atoms with Crippen molar-refractivity contribution in [2.45, 2.75) is 6.92 Å². The minimum absolute atomic E-state index is 1.08. The summed E-state index contributed by atoms with van der Waals surface area (Å²) in [5.41, 5.74) is 2.36. The maximum atomic E-state index is 5.50. The molecule has 64 valence electrons. The molecule has 0 unspecified atom stereocenters. The number of nitrogens with one attached hydrogen (secondary N) is 2. The second-order valence-electron chi connectivity index (χ2n) is 2.21. The van der Waals surface area contributed by atoms with Gasteiger partial charge in [-0.3, -0.25) is 0 Å². The van der Waals surface area contributed by atoms with Crippen molar-refractivity contribution in [3.8, 4) is 0 Å². The lowest BCUT2D eigenvalue weighted by Gasteiger charge is -1.98. The van der Waals surface area contributed by atoms with Crippen LogP contribution < -0.4 is 5.32 Å². The topological polar surface area (TPSA) is 35.9 Å². The number of rotatable bonds is 2. The summed E-state index contributed by atoms with van der Waals surface area (Å²) in [4.78, 5) is 0. The lowest BCUT2D eigenvalue weighted by molar-refractivity contribution is 1.46. The first-order valence-electron chi connectivity index (χ1n) is 3.62. The Bertz CT molecular complexity index is 226. The lowest BCUT2D eigenvalue weighted by atomic mass is 10.2. The zero-order valence-electron chi connectivity index (χ0n) is 7.30. The molecule has 0 aliphatic carbocycles. The van der Waals surface area contributed by atoms with Gasteiger partial charge in [0.25, 0.3) is 0 Å². The van der Waals surface area contributed by atoms with Crippen molar-refractivity contribution in [2.75, 3.05) is 5.32 Å². The van der Waals surface area contributed by atoms with E-state index in [-0.39, 0.29) is 0 Å². The molecule has 0 spiro atoms. The Morgan fingerprint density at radius 2 is 1.75 bits per heavy atom. The molecule has 12 heavy (non-hydrogen) atoms. The van der Waals surface area contributed by atoms with Gasteiger partial charge >= 0.3 is 0 Å². The molecule has 0 aromatic heterocycles. The van der Waals surface area contributed by atoms with Gasteiger partial charge in [-0.25, -0.2) is 0 Å². The van der Waals surface area contributed by atoms with Crippen molar-refractivity contribution in [3.63, 3.8) is 0 Å². The third kappa shape index (κ3) is 3.56. The second kappa shape index (κ2) is 6.16. The molecule has 0 aliphatic heterocycles. The Morgan fingerprint density at radius 3 is 2.17 bits per heavy atom.